The number of hydrogen-bond acceptors (Lipinski definition) is 5. The van der Waals surface area contributed by atoms with Gasteiger partial charge >= 0.3 is 0 Å². The van der Waals surface area contributed by atoms with Gasteiger partial charge in [-0.25, -0.2) is 0 Å². The van der Waals surface area contributed by atoms with Gasteiger partial charge in [0.1, 0.15) is 0 Å². The number of aromatic nitrogens is 2. The van der Waals surface area contributed by atoms with E-state index in [9.17, 15) is 0 Å². The summed E-state index contributed by atoms with van der Waals surface area (Å²) in [5.74, 6) is 2.66. The molecule has 0 N–H and O–H groups in total. The minimum Gasteiger partial charge on any atom is -0.424 e. The summed E-state index contributed by atoms with van der Waals surface area (Å²) in [7, 11) is 0. The van der Waals surface area contributed by atoms with Crippen molar-refractivity contribution in [1.29, 1.82) is 0 Å². The van der Waals surface area contributed by atoms with Gasteiger partial charge in [-0.2, -0.15) is 0 Å². The zero-order chi connectivity index (χ0) is 16.2. The molecule has 0 radical (unpaired) electrons. The van der Waals surface area contributed by atoms with Crippen LogP contribution in [0.15, 0.2) is 4.42 Å². The largest absolute Gasteiger partial charge is 0.424 e. The number of nitrogens with zero attached hydrogens (tertiary/aromatic N) is 3. The first kappa shape index (κ1) is 16.9. The lowest BCUT2D eigenvalue weighted by Gasteiger charge is -2.36. The Kier molecular flexibility index (Phi) is 5.70. The van der Waals surface area contributed by atoms with Crippen LogP contribution in [0.5, 0.6) is 0 Å². The van der Waals surface area contributed by atoms with E-state index < -0.39 is 0 Å². The fourth-order valence-corrected chi connectivity index (χ4v) is 3.74. The molecule has 2 fully saturated rings. The third-order valence-corrected chi connectivity index (χ3v) is 5.28. The molecule has 2 aliphatic rings. The fraction of sp³-hybridized carbons (Fsp3) is 0.889. The average molecular weight is 321 g/mol. The molecule has 1 saturated heterocycles. The van der Waals surface area contributed by atoms with Crippen LogP contribution in [0.25, 0.3) is 0 Å². The summed E-state index contributed by atoms with van der Waals surface area (Å²) >= 11 is 0. The van der Waals surface area contributed by atoms with E-state index in [0.29, 0.717) is 18.1 Å². The monoisotopic (exact) mass is 321 g/mol. The molecule has 23 heavy (non-hydrogen) atoms. The van der Waals surface area contributed by atoms with E-state index in [-0.39, 0.29) is 0 Å². The van der Waals surface area contributed by atoms with Crippen molar-refractivity contribution in [3.8, 4) is 0 Å². The third-order valence-electron chi connectivity index (χ3n) is 5.28. The van der Waals surface area contributed by atoms with Crippen LogP contribution in [0.1, 0.15) is 77.0 Å². The van der Waals surface area contributed by atoms with Crippen LogP contribution in [0, 0.1) is 5.92 Å². The summed E-state index contributed by atoms with van der Waals surface area (Å²) in [4.78, 5) is 2.54. The molecular formula is C18H31N3O2. The van der Waals surface area contributed by atoms with Crippen molar-refractivity contribution in [2.24, 2.45) is 5.92 Å². The second-order valence-electron chi connectivity index (χ2n) is 7.67. The smallest absolute Gasteiger partial charge is 0.230 e. The maximum atomic E-state index is 5.87. The summed E-state index contributed by atoms with van der Waals surface area (Å²) in [6, 6.07) is 0.629. The maximum Gasteiger partial charge on any atom is 0.230 e. The molecule has 0 amide bonds. The summed E-state index contributed by atoms with van der Waals surface area (Å²) in [5.41, 5.74) is 0. The molecule has 0 unspecified atom stereocenters. The van der Waals surface area contributed by atoms with Crippen LogP contribution in [0.3, 0.4) is 0 Å². The summed E-state index contributed by atoms with van der Waals surface area (Å²) in [5, 5.41) is 8.45. The molecule has 1 aliphatic heterocycles. The Morgan fingerprint density at radius 3 is 2.52 bits per heavy atom. The molecule has 130 valence electrons. The maximum absolute atomic E-state index is 5.87. The van der Waals surface area contributed by atoms with E-state index in [1.165, 1.54) is 38.5 Å². The van der Waals surface area contributed by atoms with E-state index in [1.54, 1.807) is 0 Å². The molecule has 5 nitrogen and oxygen atoms in total. The van der Waals surface area contributed by atoms with Crippen LogP contribution in [0.2, 0.25) is 0 Å². The van der Waals surface area contributed by atoms with Crippen LogP contribution in [0.4, 0.5) is 0 Å². The Morgan fingerprint density at radius 1 is 1.13 bits per heavy atom. The van der Waals surface area contributed by atoms with Gasteiger partial charge in [-0.05, 0) is 44.4 Å². The predicted molar refractivity (Wildman–Crippen MR) is 89.2 cm³/mol. The van der Waals surface area contributed by atoms with Crippen molar-refractivity contribution in [2.45, 2.75) is 83.9 Å². The van der Waals surface area contributed by atoms with Crippen molar-refractivity contribution >= 4 is 0 Å². The van der Waals surface area contributed by atoms with Crippen molar-refractivity contribution in [1.82, 2.24) is 15.1 Å². The second-order valence-corrected chi connectivity index (χ2v) is 7.67. The van der Waals surface area contributed by atoms with Crippen LogP contribution in [-0.4, -0.2) is 40.4 Å². The first-order chi connectivity index (χ1) is 11.1. The lowest BCUT2D eigenvalue weighted by Crippen LogP contribution is -2.41. The highest BCUT2D eigenvalue weighted by atomic mass is 16.5. The lowest BCUT2D eigenvalue weighted by molar-refractivity contribution is 0.0368. The highest BCUT2D eigenvalue weighted by molar-refractivity contribution is 4.89. The average Bonchev–Trinajstić information content (AvgIpc) is 3.19. The molecule has 1 aliphatic carbocycles. The van der Waals surface area contributed by atoms with E-state index in [2.05, 4.69) is 35.9 Å². The Bertz CT molecular complexity index is 474. The normalized spacial score (nSPS) is 28.8. The van der Waals surface area contributed by atoms with Gasteiger partial charge < -0.3 is 9.15 Å². The minimum atomic E-state index is 0.290. The Labute approximate surface area is 139 Å². The molecule has 3 rings (SSSR count). The van der Waals surface area contributed by atoms with E-state index in [0.717, 1.165) is 37.4 Å². The number of hydrogen-bond donors (Lipinski definition) is 0. The molecule has 0 bridgehead atoms. The van der Waals surface area contributed by atoms with Gasteiger partial charge in [-0.15, -0.1) is 10.2 Å². The van der Waals surface area contributed by atoms with E-state index in [4.69, 9.17) is 9.15 Å². The summed E-state index contributed by atoms with van der Waals surface area (Å²) in [6.07, 6.45) is 7.96. The molecule has 1 aromatic rings. The Hall–Kier alpha value is -0.940. The third kappa shape index (κ3) is 4.54. The van der Waals surface area contributed by atoms with E-state index >= 15 is 0 Å². The first-order valence-electron chi connectivity index (χ1n) is 9.29. The van der Waals surface area contributed by atoms with Crippen LogP contribution < -0.4 is 0 Å². The number of rotatable bonds is 6. The minimum absolute atomic E-state index is 0.290. The summed E-state index contributed by atoms with van der Waals surface area (Å²) in [6.45, 7) is 9.22. The van der Waals surface area contributed by atoms with Gasteiger partial charge in [0.05, 0.1) is 12.6 Å². The molecular weight excluding hydrogens is 290 g/mol. The molecule has 5 heteroatoms. The topological polar surface area (TPSA) is 51.4 Å². The SMILES string of the molecule is CC1CCC(N(Cc2nnc(C(C)C)o2)C[C@@H]2CCCO2)CC1. The fourth-order valence-electron chi connectivity index (χ4n) is 3.74. The van der Waals surface area contributed by atoms with E-state index in [1.807, 2.05) is 0 Å². The predicted octanol–water partition coefficient (Wildman–Crippen LogP) is 3.75. The first-order valence-corrected chi connectivity index (χ1v) is 9.29. The highest BCUT2D eigenvalue weighted by Crippen LogP contribution is 2.29. The Balaban J connectivity index is 1.65. The molecule has 2 heterocycles. The molecule has 0 aromatic carbocycles. The molecule has 0 spiro atoms. The quantitative estimate of drug-likeness (QED) is 0.798. The van der Waals surface area contributed by atoms with Crippen molar-refractivity contribution < 1.29 is 9.15 Å². The highest BCUT2D eigenvalue weighted by Gasteiger charge is 2.29. The van der Waals surface area contributed by atoms with Gasteiger partial charge in [-0.1, -0.05) is 20.8 Å². The number of ether oxygens (including phenoxy) is 1. The second kappa shape index (κ2) is 7.75. The molecule has 1 aromatic heterocycles. The van der Waals surface area contributed by atoms with Gasteiger partial charge in [-0.3, -0.25) is 4.90 Å². The zero-order valence-corrected chi connectivity index (χ0v) is 14.8. The van der Waals surface area contributed by atoms with Crippen LogP contribution >= 0.6 is 0 Å². The van der Waals surface area contributed by atoms with Gasteiger partial charge in [0.15, 0.2) is 0 Å². The van der Waals surface area contributed by atoms with Crippen LogP contribution in [-0.2, 0) is 11.3 Å². The standard InChI is InChI=1S/C18H31N3O2/c1-13(2)18-20-19-17(23-18)12-21(11-16-5-4-10-22-16)15-8-6-14(3)7-9-15/h13-16H,4-12H2,1-3H3/t14?,15?,16-/m0/s1. The van der Waals surface area contributed by atoms with Gasteiger partial charge in [0, 0.05) is 25.1 Å². The molecule has 1 saturated carbocycles. The van der Waals surface area contributed by atoms with Crippen molar-refractivity contribution in [3.63, 3.8) is 0 Å². The van der Waals surface area contributed by atoms with Crippen molar-refractivity contribution in [2.75, 3.05) is 13.2 Å². The zero-order valence-electron chi connectivity index (χ0n) is 14.8. The lowest BCUT2D eigenvalue weighted by atomic mass is 9.86. The van der Waals surface area contributed by atoms with Crippen molar-refractivity contribution in [3.05, 3.63) is 11.8 Å². The van der Waals surface area contributed by atoms with Gasteiger partial charge in [0.25, 0.3) is 0 Å². The summed E-state index contributed by atoms with van der Waals surface area (Å²) < 4.78 is 11.7. The van der Waals surface area contributed by atoms with Gasteiger partial charge in [0.2, 0.25) is 11.8 Å². The Morgan fingerprint density at radius 2 is 1.91 bits per heavy atom. The molecule has 1 atom stereocenters.